The number of rotatable bonds is 4. The zero-order valence-corrected chi connectivity index (χ0v) is 12.5. The van der Waals surface area contributed by atoms with Crippen molar-refractivity contribution in [2.24, 2.45) is 0 Å². The minimum absolute atomic E-state index is 0.0595. The van der Waals surface area contributed by atoms with Crippen molar-refractivity contribution in [2.45, 2.75) is 38.1 Å². The van der Waals surface area contributed by atoms with Crippen molar-refractivity contribution in [3.63, 3.8) is 0 Å². The molecule has 108 valence electrons. The van der Waals surface area contributed by atoms with Gasteiger partial charge in [0, 0.05) is 12.1 Å². The van der Waals surface area contributed by atoms with E-state index in [0.717, 1.165) is 18.4 Å². The molecule has 0 aromatic heterocycles. The van der Waals surface area contributed by atoms with Crippen molar-refractivity contribution in [1.29, 1.82) is 0 Å². The van der Waals surface area contributed by atoms with Crippen LogP contribution in [0.1, 0.15) is 37.7 Å². The number of carbonyl (C=O) groups excluding carboxylic acids is 1. The lowest BCUT2D eigenvalue weighted by Gasteiger charge is -2.21. The molecule has 20 heavy (non-hydrogen) atoms. The number of amides is 1. The van der Waals surface area contributed by atoms with Crippen LogP contribution in [-0.2, 0) is 4.79 Å². The van der Waals surface area contributed by atoms with E-state index in [1.54, 1.807) is 19.3 Å². The molecule has 0 unspecified atom stereocenters. The van der Waals surface area contributed by atoms with Crippen LogP contribution in [0.15, 0.2) is 24.3 Å². The van der Waals surface area contributed by atoms with E-state index in [1.165, 1.54) is 25.3 Å². The summed E-state index contributed by atoms with van der Waals surface area (Å²) in [6, 6.07) is 5.82. The van der Waals surface area contributed by atoms with Crippen molar-refractivity contribution in [1.82, 2.24) is 5.32 Å². The average molecular weight is 294 g/mol. The van der Waals surface area contributed by atoms with E-state index in [2.05, 4.69) is 5.32 Å². The zero-order valence-electron chi connectivity index (χ0n) is 11.7. The summed E-state index contributed by atoms with van der Waals surface area (Å²) >= 11 is 6.18. The molecule has 0 bridgehead atoms. The van der Waals surface area contributed by atoms with Gasteiger partial charge in [0.2, 0.25) is 5.91 Å². The van der Waals surface area contributed by atoms with Gasteiger partial charge in [-0.25, -0.2) is 0 Å². The molecule has 1 aliphatic carbocycles. The third-order valence-electron chi connectivity index (χ3n) is 3.58. The Bertz CT molecular complexity index is 493. The van der Waals surface area contributed by atoms with E-state index in [0.29, 0.717) is 16.8 Å². The van der Waals surface area contributed by atoms with Crippen molar-refractivity contribution in [3.8, 4) is 5.75 Å². The molecular formula is C16H20ClNO2. The fourth-order valence-electron chi connectivity index (χ4n) is 2.48. The van der Waals surface area contributed by atoms with Gasteiger partial charge in [-0.05, 0) is 30.5 Å². The molecule has 4 heteroatoms. The van der Waals surface area contributed by atoms with Crippen molar-refractivity contribution >= 4 is 23.6 Å². The molecule has 0 spiro atoms. The summed E-state index contributed by atoms with van der Waals surface area (Å²) in [5.74, 6) is 0.553. The number of nitrogens with one attached hydrogen (secondary N) is 1. The first-order chi connectivity index (χ1) is 9.70. The molecule has 2 rings (SSSR count). The zero-order chi connectivity index (χ0) is 14.4. The first-order valence-electron chi connectivity index (χ1n) is 7.02. The molecule has 1 N–H and O–H groups in total. The molecule has 0 radical (unpaired) electrons. The lowest BCUT2D eigenvalue weighted by molar-refractivity contribution is -0.117. The average Bonchev–Trinajstić information content (AvgIpc) is 2.47. The van der Waals surface area contributed by atoms with Gasteiger partial charge in [0.15, 0.2) is 0 Å². The molecule has 0 atom stereocenters. The molecule has 1 aliphatic rings. The summed E-state index contributed by atoms with van der Waals surface area (Å²) in [6.07, 6.45) is 9.12. The van der Waals surface area contributed by atoms with Gasteiger partial charge in [0.1, 0.15) is 5.75 Å². The molecule has 1 saturated carbocycles. The fraction of sp³-hybridized carbons (Fsp3) is 0.438. The molecule has 0 aliphatic heterocycles. The Labute approximate surface area is 125 Å². The molecule has 1 aromatic rings. The lowest BCUT2D eigenvalue weighted by Crippen LogP contribution is -2.34. The second-order valence-electron chi connectivity index (χ2n) is 5.04. The quantitative estimate of drug-likeness (QED) is 0.857. The Kier molecular flexibility index (Phi) is 5.48. The van der Waals surface area contributed by atoms with Crippen LogP contribution >= 0.6 is 11.6 Å². The predicted molar refractivity (Wildman–Crippen MR) is 82.1 cm³/mol. The normalized spacial score (nSPS) is 16.3. The van der Waals surface area contributed by atoms with Crippen molar-refractivity contribution in [2.75, 3.05) is 7.11 Å². The highest BCUT2D eigenvalue weighted by molar-refractivity contribution is 6.33. The van der Waals surface area contributed by atoms with Gasteiger partial charge in [-0.3, -0.25) is 4.79 Å². The van der Waals surface area contributed by atoms with Crippen LogP contribution in [0.5, 0.6) is 5.75 Å². The number of halogens is 1. The van der Waals surface area contributed by atoms with Crippen LogP contribution in [0.2, 0.25) is 5.02 Å². The van der Waals surface area contributed by atoms with Gasteiger partial charge in [-0.1, -0.05) is 43.0 Å². The van der Waals surface area contributed by atoms with E-state index in [1.807, 2.05) is 12.1 Å². The van der Waals surface area contributed by atoms with Crippen molar-refractivity contribution < 1.29 is 9.53 Å². The summed E-state index contributed by atoms with van der Waals surface area (Å²) in [5.41, 5.74) is 0.782. The number of ether oxygens (including phenoxy) is 1. The molecule has 1 fully saturated rings. The summed E-state index contributed by atoms with van der Waals surface area (Å²) < 4.78 is 5.15. The van der Waals surface area contributed by atoms with E-state index < -0.39 is 0 Å². The summed E-state index contributed by atoms with van der Waals surface area (Å²) in [4.78, 5) is 11.9. The fourth-order valence-corrected chi connectivity index (χ4v) is 2.74. The number of hydrogen-bond acceptors (Lipinski definition) is 2. The Morgan fingerprint density at radius 2 is 2.10 bits per heavy atom. The van der Waals surface area contributed by atoms with Gasteiger partial charge in [-0.2, -0.15) is 0 Å². The maximum atomic E-state index is 11.9. The SMILES string of the molecule is COc1cccc(/C=C/C(=O)NC2CCCCC2)c1Cl. The third kappa shape index (κ3) is 4.01. The highest BCUT2D eigenvalue weighted by Crippen LogP contribution is 2.28. The van der Waals surface area contributed by atoms with E-state index in [-0.39, 0.29) is 5.91 Å². The summed E-state index contributed by atoms with van der Waals surface area (Å²) in [6.45, 7) is 0. The standard InChI is InChI=1S/C16H20ClNO2/c1-20-14-9-5-6-12(16(14)17)10-11-15(19)18-13-7-3-2-4-8-13/h5-6,9-11,13H,2-4,7-8H2,1H3,(H,18,19)/b11-10+. The topological polar surface area (TPSA) is 38.3 Å². The molecule has 1 amide bonds. The first kappa shape index (κ1) is 14.9. The Morgan fingerprint density at radius 1 is 1.35 bits per heavy atom. The minimum atomic E-state index is -0.0595. The second-order valence-corrected chi connectivity index (χ2v) is 5.42. The van der Waals surface area contributed by atoms with E-state index in [4.69, 9.17) is 16.3 Å². The highest BCUT2D eigenvalue weighted by atomic mass is 35.5. The van der Waals surface area contributed by atoms with Gasteiger partial charge in [-0.15, -0.1) is 0 Å². The summed E-state index contributed by atoms with van der Waals surface area (Å²) in [7, 11) is 1.57. The van der Waals surface area contributed by atoms with Crippen LogP contribution in [0.3, 0.4) is 0 Å². The predicted octanol–water partition coefficient (Wildman–Crippen LogP) is 3.81. The van der Waals surface area contributed by atoms with Gasteiger partial charge < -0.3 is 10.1 Å². The Morgan fingerprint density at radius 3 is 2.80 bits per heavy atom. The van der Waals surface area contributed by atoms with Gasteiger partial charge in [0.05, 0.1) is 12.1 Å². The molecule has 0 heterocycles. The van der Waals surface area contributed by atoms with Gasteiger partial charge >= 0.3 is 0 Å². The highest BCUT2D eigenvalue weighted by Gasteiger charge is 2.14. The monoisotopic (exact) mass is 293 g/mol. The molecule has 0 saturated heterocycles. The number of benzene rings is 1. The Hall–Kier alpha value is -1.48. The number of hydrogen-bond donors (Lipinski definition) is 1. The first-order valence-corrected chi connectivity index (χ1v) is 7.39. The molecule has 1 aromatic carbocycles. The van der Waals surface area contributed by atoms with E-state index in [9.17, 15) is 4.79 Å². The van der Waals surface area contributed by atoms with Crippen LogP contribution < -0.4 is 10.1 Å². The maximum absolute atomic E-state index is 11.9. The maximum Gasteiger partial charge on any atom is 0.244 e. The summed E-state index contributed by atoms with van der Waals surface area (Å²) in [5, 5.41) is 3.56. The Balaban J connectivity index is 1.96. The third-order valence-corrected chi connectivity index (χ3v) is 3.98. The van der Waals surface area contributed by atoms with Crippen LogP contribution in [0, 0.1) is 0 Å². The minimum Gasteiger partial charge on any atom is -0.495 e. The largest absolute Gasteiger partial charge is 0.495 e. The number of carbonyl (C=O) groups is 1. The second kappa shape index (κ2) is 7.34. The smallest absolute Gasteiger partial charge is 0.244 e. The van der Waals surface area contributed by atoms with Crippen LogP contribution in [0.4, 0.5) is 0 Å². The van der Waals surface area contributed by atoms with Gasteiger partial charge in [0.25, 0.3) is 0 Å². The van der Waals surface area contributed by atoms with Crippen LogP contribution in [-0.4, -0.2) is 19.1 Å². The number of methoxy groups -OCH3 is 1. The van der Waals surface area contributed by atoms with E-state index >= 15 is 0 Å². The van der Waals surface area contributed by atoms with Crippen LogP contribution in [0.25, 0.3) is 6.08 Å². The molecule has 3 nitrogen and oxygen atoms in total. The lowest BCUT2D eigenvalue weighted by atomic mass is 9.95. The molecular weight excluding hydrogens is 274 g/mol. The van der Waals surface area contributed by atoms with Crippen molar-refractivity contribution in [3.05, 3.63) is 34.9 Å².